The Balaban J connectivity index is 2.29. The Labute approximate surface area is 139 Å². The Morgan fingerprint density at radius 3 is 1.62 bits per heavy atom. The van der Waals surface area contributed by atoms with Gasteiger partial charge in [0.2, 0.25) is 0 Å². The van der Waals surface area contributed by atoms with Crippen molar-refractivity contribution in [3.63, 3.8) is 0 Å². The average molecular weight is 401 g/mol. The largest absolute Gasteiger partial charge is 0.309 e. The average Bonchev–Trinajstić information content (AvgIpc) is 2.85. The van der Waals surface area contributed by atoms with E-state index >= 15 is 0 Å². The molecule has 0 saturated heterocycles. The van der Waals surface area contributed by atoms with Crippen LogP contribution in [0, 0.1) is 0 Å². The standard InChI is InChI=1S/C18H11Br2N/c19-13-8-4-10-15-17(13)18-14(20)9-5-11-16(18)21(15)12-6-2-1-3-7-12/h1-11H. The van der Waals surface area contributed by atoms with E-state index in [4.69, 9.17) is 0 Å². The SMILES string of the molecule is Brc1cccc2c1c1c(Br)cccc1n2-c1ccccc1. The normalized spacial score (nSPS) is 11.3. The van der Waals surface area contributed by atoms with Crippen molar-refractivity contribution in [3.8, 4) is 5.69 Å². The second kappa shape index (κ2) is 5.00. The topological polar surface area (TPSA) is 4.93 Å². The Hall–Kier alpha value is -1.58. The van der Waals surface area contributed by atoms with E-state index in [1.807, 2.05) is 6.07 Å². The predicted molar refractivity (Wildman–Crippen MR) is 96.2 cm³/mol. The number of benzene rings is 3. The molecule has 0 bridgehead atoms. The fourth-order valence-electron chi connectivity index (χ4n) is 2.88. The molecule has 0 N–H and O–H groups in total. The Morgan fingerprint density at radius 2 is 1.10 bits per heavy atom. The van der Waals surface area contributed by atoms with Crippen molar-refractivity contribution < 1.29 is 0 Å². The third kappa shape index (κ3) is 1.95. The Kier molecular flexibility index (Phi) is 3.12. The highest BCUT2D eigenvalue weighted by Crippen LogP contribution is 2.39. The minimum atomic E-state index is 1.12. The summed E-state index contributed by atoms with van der Waals surface area (Å²) in [5.74, 6) is 0. The molecule has 102 valence electrons. The third-order valence-corrected chi connectivity index (χ3v) is 5.05. The Morgan fingerprint density at radius 1 is 0.571 bits per heavy atom. The quantitative estimate of drug-likeness (QED) is 0.353. The molecule has 0 aliphatic heterocycles. The van der Waals surface area contributed by atoms with Gasteiger partial charge in [-0.25, -0.2) is 0 Å². The molecule has 0 radical (unpaired) electrons. The van der Waals surface area contributed by atoms with Crippen molar-refractivity contribution in [2.45, 2.75) is 0 Å². The molecule has 0 aliphatic rings. The van der Waals surface area contributed by atoms with E-state index in [1.165, 1.54) is 27.5 Å². The summed E-state index contributed by atoms with van der Waals surface area (Å²) in [5.41, 5.74) is 3.59. The summed E-state index contributed by atoms with van der Waals surface area (Å²) in [7, 11) is 0. The van der Waals surface area contributed by atoms with Crippen molar-refractivity contribution in [2.75, 3.05) is 0 Å². The first-order valence-electron chi connectivity index (χ1n) is 6.70. The monoisotopic (exact) mass is 399 g/mol. The number of hydrogen-bond donors (Lipinski definition) is 0. The second-order valence-electron chi connectivity index (χ2n) is 4.94. The zero-order chi connectivity index (χ0) is 14.4. The van der Waals surface area contributed by atoms with Crippen molar-refractivity contribution >= 4 is 53.7 Å². The highest BCUT2D eigenvalue weighted by Gasteiger charge is 2.15. The lowest BCUT2D eigenvalue weighted by Gasteiger charge is -2.07. The summed E-state index contributed by atoms with van der Waals surface area (Å²) in [6.45, 7) is 0. The lowest BCUT2D eigenvalue weighted by atomic mass is 10.1. The molecule has 0 unspecified atom stereocenters. The summed E-state index contributed by atoms with van der Waals surface area (Å²) >= 11 is 7.41. The fourth-order valence-corrected chi connectivity index (χ4v) is 3.99. The van der Waals surface area contributed by atoms with Crippen molar-refractivity contribution in [1.82, 2.24) is 4.57 Å². The lowest BCUT2D eigenvalue weighted by Crippen LogP contribution is -1.92. The molecule has 0 atom stereocenters. The van der Waals surface area contributed by atoms with Crippen molar-refractivity contribution in [2.24, 2.45) is 0 Å². The van der Waals surface area contributed by atoms with Gasteiger partial charge in [-0.15, -0.1) is 0 Å². The van der Waals surface area contributed by atoms with Crippen LogP contribution in [0.5, 0.6) is 0 Å². The maximum atomic E-state index is 3.70. The van der Waals surface area contributed by atoms with E-state index in [2.05, 4.69) is 97.1 Å². The Bertz CT molecular complexity index is 896. The van der Waals surface area contributed by atoms with Gasteiger partial charge in [0.15, 0.2) is 0 Å². The molecular weight excluding hydrogens is 390 g/mol. The van der Waals surface area contributed by atoms with Crippen LogP contribution < -0.4 is 0 Å². The van der Waals surface area contributed by atoms with Crippen LogP contribution >= 0.6 is 31.9 Å². The predicted octanol–water partition coefficient (Wildman–Crippen LogP) is 6.31. The van der Waals surface area contributed by atoms with Gasteiger partial charge in [0.05, 0.1) is 11.0 Å². The maximum Gasteiger partial charge on any atom is 0.0552 e. The lowest BCUT2D eigenvalue weighted by molar-refractivity contribution is 1.18. The van der Waals surface area contributed by atoms with Gasteiger partial charge < -0.3 is 4.57 Å². The molecular formula is C18H11Br2N. The van der Waals surface area contributed by atoms with Gasteiger partial charge in [-0.1, -0.05) is 62.2 Å². The van der Waals surface area contributed by atoms with Crippen LogP contribution in [-0.4, -0.2) is 4.57 Å². The van der Waals surface area contributed by atoms with Gasteiger partial charge in [-0.3, -0.25) is 0 Å². The molecule has 0 saturated carbocycles. The van der Waals surface area contributed by atoms with E-state index in [9.17, 15) is 0 Å². The fraction of sp³-hybridized carbons (Fsp3) is 0. The summed E-state index contributed by atoms with van der Waals surface area (Å²) in [6.07, 6.45) is 0. The van der Waals surface area contributed by atoms with Gasteiger partial charge >= 0.3 is 0 Å². The zero-order valence-corrected chi connectivity index (χ0v) is 14.2. The number of hydrogen-bond acceptors (Lipinski definition) is 0. The van der Waals surface area contributed by atoms with Crippen molar-refractivity contribution in [3.05, 3.63) is 75.7 Å². The molecule has 1 aromatic heterocycles. The number of rotatable bonds is 1. The first-order chi connectivity index (χ1) is 10.3. The zero-order valence-electron chi connectivity index (χ0n) is 11.1. The molecule has 21 heavy (non-hydrogen) atoms. The molecule has 0 spiro atoms. The van der Waals surface area contributed by atoms with E-state index in [-0.39, 0.29) is 0 Å². The van der Waals surface area contributed by atoms with Crippen LogP contribution in [0.15, 0.2) is 75.7 Å². The van der Waals surface area contributed by atoms with Gasteiger partial charge in [0.25, 0.3) is 0 Å². The van der Waals surface area contributed by atoms with Gasteiger partial charge in [-0.2, -0.15) is 0 Å². The molecule has 0 fully saturated rings. The smallest absolute Gasteiger partial charge is 0.0552 e. The summed E-state index contributed by atoms with van der Waals surface area (Å²) in [6, 6.07) is 23.2. The minimum Gasteiger partial charge on any atom is -0.309 e. The number of nitrogens with zero attached hydrogens (tertiary/aromatic N) is 1. The van der Waals surface area contributed by atoms with Crippen LogP contribution in [-0.2, 0) is 0 Å². The first-order valence-corrected chi connectivity index (χ1v) is 8.28. The summed E-state index contributed by atoms with van der Waals surface area (Å²) in [4.78, 5) is 0. The van der Waals surface area contributed by atoms with Gasteiger partial charge in [0.1, 0.15) is 0 Å². The van der Waals surface area contributed by atoms with Crippen LogP contribution in [0.1, 0.15) is 0 Å². The molecule has 0 amide bonds. The highest BCUT2D eigenvalue weighted by molar-refractivity contribution is 9.11. The molecule has 1 nitrogen and oxygen atoms in total. The minimum absolute atomic E-state index is 1.12. The summed E-state index contributed by atoms with van der Waals surface area (Å²) < 4.78 is 4.54. The molecule has 3 aromatic carbocycles. The van der Waals surface area contributed by atoms with E-state index in [1.54, 1.807) is 0 Å². The van der Waals surface area contributed by atoms with Gasteiger partial charge in [-0.05, 0) is 36.4 Å². The summed E-state index contributed by atoms with van der Waals surface area (Å²) in [5, 5.41) is 2.48. The highest BCUT2D eigenvalue weighted by atomic mass is 79.9. The van der Waals surface area contributed by atoms with Crippen LogP contribution in [0.25, 0.3) is 27.5 Å². The molecule has 1 heterocycles. The maximum absolute atomic E-state index is 3.70. The van der Waals surface area contributed by atoms with Crippen LogP contribution in [0.2, 0.25) is 0 Å². The number of halogens is 2. The first kappa shape index (κ1) is 13.1. The van der Waals surface area contributed by atoms with E-state index in [0.29, 0.717) is 0 Å². The van der Waals surface area contributed by atoms with Gasteiger partial charge in [0, 0.05) is 25.4 Å². The number of fused-ring (bicyclic) bond motifs is 3. The molecule has 3 heteroatoms. The number of aromatic nitrogens is 1. The van der Waals surface area contributed by atoms with Crippen molar-refractivity contribution in [1.29, 1.82) is 0 Å². The number of para-hydroxylation sites is 1. The second-order valence-corrected chi connectivity index (χ2v) is 6.65. The molecule has 4 aromatic rings. The van der Waals surface area contributed by atoms with Crippen LogP contribution in [0.3, 0.4) is 0 Å². The van der Waals surface area contributed by atoms with E-state index in [0.717, 1.165) is 8.95 Å². The molecule has 0 aliphatic carbocycles. The van der Waals surface area contributed by atoms with E-state index < -0.39 is 0 Å². The molecule has 4 rings (SSSR count). The van der Waals surface area contributed by atoms with Crippen LogP contribution in [0.4, 0.5) is 0 Å². The third-order valence-electron chi connectivity index (χ3n) is 3.73.